The lowest BCUT2D eigenvalue weighted by Crippen LogP contribution is -2.28. The molecular weight excluding hydrogens is 545 g/mol. The van der Waals surface area contributed by atoms with E-state index in [1.807, 2.05) is 0 Å². The molecule has 208 valence electrons. The maximum absolute atomic E-state index is 13.2. The number of benzene rings is 3. The van der Waals surface area contributed by atoms with Gasteiger partial charge in [-0.2, -0.15) is 5.10 Å². The number of rotatable bonds is 7. The van der Waals surface area contributed by atoms with Crippen molar-refractivity contribution in [2.24, 2.45) is 5.92 Å². The summed E-state index contributed by atoms with van der Waals surface area (Å²) in [4.78, 5) is 25.6. The summed E-state index contributed by atoms with van der Waals surface area (Å²) in [6.07, 6.45) is 0.718. The third-order valence-corrected chi connectivity index (χ3v) is 7.29. The van der Waals surface area contributed by atoms with Crippen LogP contribution in [0.5, 0.6) is 5.75 Å². The molecule has 11 heteroatoms. The maximum atomic E-state index is 13.2. The second-order valence-electron chi connectivity index (χ2n) is 9.76. The predicted molar refractivity (Wildman–Crippen MR) is 146 cm³/mol. The van der Waals surface area contributed by atoms with Gasteiger partial charge in [0.15, 0.2) is 0 Å². The van der Waals surface area contributed by atoms with Crippen molar-refractivity contribution in [2.75, 3.05) is 5.32 Å². The molecule has 0 radical (unpaired) electrons. The number of carbonyl (C=O) groups excluding carboxylic acids is 2. The van der Waals surface area contributed by atoms with Crippen LogP contribution in [0.4, 0.5) is 18.9 Å². The lowest BCUT2D eigenvalue weighted by molar-refractivity contribution is -0.274. The quantitative estimate of drug-likeness (QED) is 0.252. The monoisotopic (exact) mass is 570 g/mol. The Hall–Kier alpha value is -4.05. The van der Waals surface area contributed by atoms with Gasteiger partial charge < -0.3 is 15.4 Å². The number of alkyl halides is 3. The zero-order valence-electron chi connectivity index (χ0n) is 21.5. The van der Waals surface area contributed by atoms with Crippen LogP contribution in [-0.4, -0.2) is 28.0 Å². The maximum Gasteiger partial charge on any atom is 0.573 e. The number of aryl methyl sites for hydroxylation is 1. The summed E-state index contributed by atoms with van der Waals surface area (Å²) in [5.74, 6) is -0.650. The van der Waals surface area contributed by atoms with E-state index in [-0.39, 0.29) is 33.7 Å². The molecule has 7 nitrogen and oxygen atoms in total. The Kier molecular flexibility index (Phi) is 7.71. The van der Waals surface area contributed by atoms with Crippen LogP contribution in [0.25, 0.3) is 16.6 Å². The summed E-state index contributed by atoms with van der Waals surface area (Å²) < 4.78 is 43.6. The molecule has 3 aromatic carbocycles. The lowest BCUT2D eigenvalue weighted by atomic mass is 10.1. The van der Waals surface area contributed by atoms with Crippen LogP contribution >= 0.6 is 11.6 Å². The minimum atomic E-state index is -4.79. The molecule has 1 aliphatic rings. The van der Waals surface area contributed by atoms with Gasteiger partial charge in [0, 0.05) is 17.8 Å². The van der Waals surface area contributed by atoms with Crippen LogP contribution in [0.1, 0.15) is 47.2 Å². The Morgan fingerprint density at radius 1 is 1.10 bits per heavy atom. The zero-order valence-corrected chi connectivity index (χ0v) is 22.3. The number of carbonyl (C=O) groups is 2. The third-order valence-electron chi connectivity index (χ3n) is 6.96. The van der Waals surface area contributed by atoms with Gasteiger partial charge in [0.1, 0.15) is 5.75 Å². The van der Waals surface area contributed by atoms with Gasteiger partial charge in [-0.15, -0.1) is 13.2 Å². The molecule has 0 aliphatic heterocycles. The largest absolute Gasteiger partial charge is 0.573 e. The Morgan fingerprint density at radius 2 is 1.88 bits per heavy atom. The predicted octanol–water partition coefficient (Wildman–Crippen LogP) is 6.94. The summed E-state index contributed by atoms with van der Waals surface area (Å²) >= 11 is 6.35. The summed E-state index contributed by atoms with van der Waals surface area (Å²) in [6, 6.07) is 14.5. The van der Waals surface area contributed by atoms with E-state index < -0.39 is 12.3 Å². The normalized spacial score (nSPS) is 13.9. The summed E-state index contributed by atoms with van der Waals surface area (Å²) in [5, 5.41) is 11.1. The summed E-state index contributed by atoms with van der Waals surface area (Å²) in [6.45, 7) is 1.81. The SMILES string of the molecule is Cc1cc(-n2ncc3c(NC(=O)c4cc(CNC(=O)C5CCCC5)ccc4Cl)cccc32)ccc1OC(F)(F)F. The highest BCUT2D eigenvalue weighted by atomic mass is 35.5. The fourth-order valence-electron chi connectivity index (χ4n) is 4.94. The first-order valence-electron chi connectivity index (χ1n) is 12.8. The Morgan fingerprint density at radius 3 is 2.60 bits per heavy atom. The fraction of sp³-hybridized carbons (Fsp3) is 0.276. The van der Waals surface area contributed by atoms with Gasteiger partial charge in [0.25, 0.3) is 5.91 Å². The van der Waals surface area contributed by atoms with Gasteiger partial charge in [-0.3, -0.25) is 9.59 Å². The van der Waals surface area contributed by atoms with Crippen molar-refractivity contribution >= 4 is 40.0 Å². The summed E-state index contributed by atoms with van der Waals surface area (Å²) in [5.41, 5.74) is 2.95. The van der Waals surface area contributed by atoms with E-state index in [1.165, 1.54) is 25.1 Å². The molecule has 1 aliphatic carbocycles. The Labute approximate surface area is 233 Å². The van der Waals surface area contributed by atoms with E-state index in [4.69, 9.17) is 11.6 Å². The van der Waals surface area contributed by atoms with Crippen molar-refractivity contribution in [2.45, 2.75) is 45.5 Å². The van der Waals surface area contributed by atoms with Gasteiger partial charge >= 0.3 is 6.36 Å². The van der Waals surface area contributed by atoms with E-state index in [9.17, 15) is 22.8 Å². The van der Waals surface area contributed by atoms with Crippen molar-refractivity contribution in [3.05, 3.63) is 82.5 Å². The van der Waals surface area contributed by atoms with Crippen LogP contribution in [-0.2, 0) is 11.3 Å². The number of nitrogens with zero attached hydrogens (tertiary/aromatic N) is 2. The smallest absolute Gasteiger partial charge is 0.406 e. The number of ether oxygens (including phenoxy) is 1. The molecule has 0 unspecified atom stereocenters. The van der Waals surface area contributed by atoms with E-state index in [1.54, 1.807) is 47.3 Å². The van der Waals surface area contributed by atoms with Crippen LogP contribution in [0.3, 0.4) is 0 Å². The van der Waals surface area contributed by atoms with Gasteiger partial charge in [-0.1, -0.05) is 36.6 Å². The number of hydrogen-bond donors (Lipinski definition) is 2. The van der Waals surface area contributed by atoms with E-state index in [2.05, 4.69) is 20.5 Å². The molecule has 1 saturated carbocycles. The molecule has 0 atom stereocenters. The van der Waals surface area contributed by atoms with E-state index in [0.29, 0.717) is 28.8 Å². The molecule has 5 rings (SSSR count). The molecule has 2 N–H and O–H groups in total. The van der Waals surface area contributed by atoms with Gasteiger partial charge in [-0.25, -0.2) is 4.68 Å². The second kappa shape index (κ2) is 11.2. The lowest BCUT2D eigenvalue weighted by Gasteiger charge is -2.13. The number of aromatic nitrogens is 2. The molecule has 1 heterocycles. The van der Waals surface area contributed by atoms with E-state index >= 15 is 0 Å². The van der Waals surface area contributed by atoms with Crippen LogP contribution in [0, 0.1) is 12.8 Å². The van der Waals surface area contributed by atoms with Crippen molar-refractivity contribution in [1.29, 1.82) is 0 Å². The molecule has 0 saturated heterocycles. The second-order valence-corrected chi connectivity index (χ2v) is 10.2. The highest BCUT2D eigenvalue weighted by Gasteiger charge is 2.31. The van der Waals surface area contributed by atoms with Crippen LogP contribution in [0.2, 0.25) is 5.02 Å². The van der Waals surface area contributed by atoms with Crippen LogP contribution in [0.15, 0.2) is 60.8 Å². The van der Waals surface area contributed by atoms with Crippen molar-refractivity contribution in [3.8, 4) is 11.4 Å². The number of amides is 2. The molecule has 1 fully saturated rings. The van der Waals surface area contributed by atoms with Crippen molar-refractivity contribution in [1.82, 2.24) is 15.1 Å². The highest BCUT2D eigenvalue weighted by Crippen LogP contribution is 2.31. The molecule has 0 bridgehead atoms. The standard InChI is InChI=1S/C29H26ClF3N4O3/c1-17-13-20(10-12-26(17)40-29(31,32)33)37-25-8-4-7-24(22(25)16-35-37)36-28(39)21-14-18(9-11-23(21)30)15-34-27(38)19-5-2-3-6-19/h4,7-14,16,19H,2-3,5-6,15H2,1H3,(H,34,38)(H,36,39). The fourth-order valence-corrected chi connectivity index (χ4v) is 5.14. The van der Waals surface area contributed by atoms with E-state index in [0.717, 1.165) is 31.2 Å². The highest BCUT2D eigenvalue weighted by molar-refractivity contribution is 6.34. The first-order chi connectivity index (χ1) is 19.1. The van der Waals surface area contributed by atoms with Gasteiger partial charge in [-0.05, 0) is 73.4 Å². The topological polar surface area (TPSA) is 85.3 Å². The molecule has 1 aromatic heterocycles. The van der Waals surface area contributed by atoms with Gasteiger partial charge in [0.05, 0.1) is 33.7 Å². The van der Waals surface area contributed by atoms with Gasteiger partial charge in [0.2, 0.25) is 5.91 Å². The molecule has 2 amide bonds. The minimum Gasteiger partial charge on any atom is -0.406 e. The molecule has 0 spiro atoms. The number of halogens is 4. The number of nitrogens with one attached hydrogen (secondary N) is 2. The molecule has 40 heavy (non-hydrogen) atoms. The third kappa shape index (κ3) is 6.07. The zero-order chi connectivity index (χ0) is 28.4. The minimum absolute atomic E-state index is 0.0276. The average Bonchev–Trinajstić information content (AvgIpc) is 3.60. The number of hydrogen-bond acceptors (Lipinski definition) is 4. The average molecular weight is 571 g/mol. The first-order valence-corrected chi connectivity index (χ1v) is 13.2. The van der Waals surface area contributed by atoms with Crippen molar-refractivity contribution in [3.63, 3.8) is 0 Å². The van der Waals surface area contributed by atoms with Crippen molar-refractivity contribution < 1.29 is 27.5 Å². The molecular formula is C29H26ClF3N4O3. The molecule has 4 aromatic rings. The Bertz CT molecular complexity index is 1580. The van der Waals surface area contributed by atoms with Crippen LogP contribution < -0.4 is 15.4 Å². The summed E-state index contributed by atoms with van der Waals surface area (Å²) in [7, 11) is 0. The number of anilines is 1. The number of fused-ring (bicyclic) bond motifs is 1. The first kappa shape index (κ1) is 27.5. The Balaban J connectivity index is 1.34.